The summed E-state index contributed by atoms with van der Waals surface area (Å²) >= 11 is 0. The lowest BCUT2D eigenvalue weighted by atomic mass is 9.98. The Morgan fingerprint density at radius 2 is 1.46 bits per heavy atom. The lowest BCUT2D eigenvalue weighted by molar-refractivity contribution is -0.135. The molecule has 12 nitrogen and oxygen atoms in total. The first-order valence-corrected chi connectivity index (χ1v) is 19.9. The highest BCUT2D eigenvalue weighted by molar-refractivity contribution is 7.90. The van der Waals surface area contributed by atoms with Gasteiger partial charge in [-0.15, -0.1) is 0 Å². The molecule has 0 bridgehead atoms. The second kappa shape index (κ2) is 15.0. The van der Waals surface area contributed by atoms with Gasteiger partial charge in [0.05, 0.1) is 47.5 Å². The zero-order chi connectivity index (χ0) is 39.0. The van der Waals surface area contributed by atoms with Gasteiger partial charge in [-0.1, -0.05) is 80.6 Å². The van der Waals surface area contributed by atoms with E-state index in [9.17, 15) is 18.0 Å². The van der Waals surface area contributed by atoms with Crippen molar-refractivity contribution in [1.29, 1.82) is 0 Å². The Labute approximate surface area is 324 Å². The fraction of sp³-hybridized carbons (Fsp3) is 0.209. The lowest BCUT2D eigenvalue weighted by Crippen LogP contribution is -2.51. The summed E-state index contributed by atoms with van der Waals surface area (Å²) in [6.07, 6.45) is 6.05. The maximum Gasteiger partial charge on any atom is 0.407 e. The first-order valence-electron chi connectivity index (χ1n) is 18.5. The van der Waals surface area contributed by atoms with Crippen LogP contribution in [0.1, 0.15) is 38.6 Å². The van der Waals surface area contributed by atoms with Crippen molar-refractivity contribution in [2.45, 2.75) is 43.7 Å². The van der Waals surface area contributed by atoms with Gasteiger partial charge in [0.2, 0.25) is 5.91 Å². The molecule has 1 fully saturated rings. The number of aromatic amines is 2. The third-order valence-corrected chi connectivity index (χ3v) is 12.1. The second-order valence-electron chi connectivity index (χ2n) is 14.2. The highest BCUT2D eigenvalue weighted by atomic mass is 32.2. The second-order valence-corrected chi connectivity index (χ2v) is 16.1. The van der Waals surface area contributed by atoms with Crippen LogP contribution in [0.3, 0.4) is 0 Å². The van der Waals surface area contributed by atoms with Crippen LogP contribution in [0.5, 0.6) is 0 Å². The molecule has 3 aromatic heterocycles. The summed E-state index contributed by atoms with van der Waals surface area (Å²) < 4.78 is 32.7. The monoisotopic (exact) mass is 767 g/mol. The number of rotatable bonds is 10. The molecule has 3 N–H and O–H groups in total. The molecular formula is C43H41N7O5S. The summed E-state index contributed by atoms with van der Waals surface area (Å²) in [6.45, 7) is 4.40. The van der Waals surface area contributed by atoms with E-state index in [2.05, 4.69) is 68.8 Å². The van der Waals surface area contributed by atoms with Crippen LogP contribution in [0.15, 0.2) is 127 Å². The van der Waals surface area contributed by atoms with Gasteiger partial charge in [0.15, 0.2) is 5.82 Å². The van der Waals surface area contributed by atoms with E-state index in [-0.39, 0.29) is 22.8 Å². The number of hydrogen-bond donors (Lipinski definition) is 3. The van der Waals surface area contributed by atoms with Crippen molar-refractivity contribution in [2.24, 2.45) is 5.92 Å². The molecular weight excluding hydrogens is 727 g/mol. The van der Waals surface area contributed by atoms with Gasteiger partial charge in [0.25, 0.3) is 10.0 Å². The summed E-state index contributed by atoms with van der Waals surface area (Å²) in [5.41, 5.74) is 6.11. The summed E-state index contributed by atoms with van der Waals surface area (Å²) in [5.74, 6) is 0.930. The van der Waals surface area contributed by atoms with Gasteiger partial charge < -0.3 is 24.9 Å². The molecule has 0 saturated carbocycles. The van der Waals surface area contributed by atoms with E-state index in [4.69, 9.17) is 9.72 Å². The third kappa shape index (κ3) is 6.97. The van der Waals surface area contributed by atoms with E-state index < -0.39 is 22.2 Å². The lowest BCUT2D eigenvalue weighted by Gasteiger charge is -2.30. The number of aromatic nitrogens is 5. The van der Waals surface area contributed by atoms with Gasteiger partial charge in [-0.25, -0.2) is 27.2 Å². The van der Waals surface area contributed by atoms with E-state index >= 15 is 0 Å². The van der Waals surface area contributed by atoms with E-state index in [0.29, 0.717) is 18.1 Å². The Bertz CT molecular complexity index is 2650. The molecule has 4 heterocycles. The smallest absolute Gasteiger partial charge is 0.407 e. The molecule has 1 aliphatic heterocycles. The average Bonchev–Trinajstić information content (AvgIpc) is 4.06. The fourth-order valence-electron chi connectivity index (χ4n) is 7.34. The first kappa shape index (κ1) is 36.5. The van der Waals surface area contributed by atoms with Gasteiger partial charge in [0.1, 0.15) is 11.9 Å². The van der Waals surface area contributed by atoms with Crippen LogP contribution >= 0.6 is 0 Å². The Morgan fingerprint density at radius 3 is 2.20 bits per heavy atom. The molecule has 0 spiro atoms. The number of nitrogens with zero attached hydrogens (tertiary/aromatic N) is 4. The van der Waals surface area contributed by atoms with Crippen LogP contribution in [-0.4, -0.2) is 68.9 Å². The summed E-state index contributed by atoms with van der Waals surface area (Å²) in [4.78, 5) is 43.5. The van der Waals surface area contributed by atoms with Crippen molar-refractivity contribution in [3.05, 3.63) is 128 Å². The van der Waals surface area contributed by atoms with Gasteiger partial charge >= 0.3 is 6.09 Å². The molecule has 4 aromatic carbocycles. The number of hydrogen-bond acceptors (Lipinski definition) is 7. The Morgan fingerprint density at radius 1 is 0.804 bits per heavy atom. The number of carbonyl (C=O) groups is 2. The Kier molecular flexibility index (Phi) is 9.77. The molecule has 56 heavy (non-hydrogen) atoms. The van der Waals surface area contributed by atoms with Gasteiger partial charge in [-0.3, -0.25) is 4.79 Å². The average molecular weight is 768 g/mol. The molecule has 13 heteroatoms. The summed E-state index contributed by atoms with van der Waals surface area (Å²) in [5, 5.41) is 4.87. The van der Waals surface area contributed by atoms with Gasteiger partial charge in [-0.2, -0.15) is 0 Å². The molecule has 0 radical (unpaired) electrons. The number of ether oxygens (including phenoxy) is 1. The summed E-state index contributed by atoms with van der Waals surface area (Å²) in [7, 11) is -2.50. The summed E-state index contributed by atoms with van der Waals surface area (Å²) in [6, 6.07) is 31.7. The van der Waals surface area contributed by atoms with Crippen LogP contribution in [0.4, 0.5) is 4.79 Å². The Hall–Kier alpha value is -6.47. The SMILES string of the molecule is COC(=O)N[C@H](C(=O)N1CCC[C@H]1c1ncc(-c2ccc3cc(-c4ccc(-c5cnc(-c6cccn6S(=O)(=O)c6ccccc6)[nH]5)cc4)ccc3c2)[nH]1)C(C)C. The zero-order valence-corrected chi connectivity index (χ0v) is 32.0. The van der Waals surface area contributed by atoms with E-state index in [1.54, 1.807) is 48.7 Å². The molecule has 1 saturated heterocycles. The first-order chi connectivity index (χ1) is 27.1. The van der Waals surface area contributed by atoms with Crippen LogP contribution in [0.25, 0.3) is 55.9 Å². The number of nitrogens with one attached hydrogen (secondary N) is 3. The van der Waals surface area contributed by atoms with Crippen molar-refractivity contribution in [3.8, 4) is 45.2 Å². The largest absolute Gasteiger partial charge is 0.453 e. The van der Waals surface area contributed by atoms with Gasteiger partial charge in [0, 0.05) is 18.3 Å². The number of carbonyl (C=O) groups excluding carboxylic acids is 2. The quantitative estimate of drug-likeness (QED) is 0.127. The molecule has 2 amide bonds. The number of likely N-dealkylation sites (tertiary alicyclic amines) is 1. The molecule has 0 aliphatic carbocycles. The van der Waals surface area contributed by atoms with Crippen molar-refractivity contribution in [3.63, 3.8) is 0 Å². The minimum absolute atomic E-state index is 0.107. The van der Waals surface area contributed by atoms with E-state index in [0.717, 1.165) is 63.1 Å². The standard InChI is InChI=1S/C43H41N7O5S/c1-27(2)39(48-43(52)55-3)42(51)49-21-7-11-37(49)40-44-26-36(47-40)33-20-19-31-23-30(17-18-32(31)24-33)28-13-15-29(16-14-28)35-25-45-41(46-35)38-12-8-22-50(38)56(53,54)34-9-5-4-6-10-34/h4-6,8-10,12-20,22-27,37,39H,7,11,21H2,1-3H3,(H,44,47)(H,45,46)(H,48,52)/t37-,39-/m0/s1. The van der Waals surface area contributed by atoms with Crippen molar-refractivity contribution >= 4 is 32.8 Å². The van der Waals surface area contributed by atoms with Gasteiger partial charge in [-0.05, 0) is 82.6 Å². The number of fused-ring (bicyclic) bond motifs is 1. The Balaban J connectivity index is 0.971. The maximum atomic E-state index is 13.6. The zero-order valence-electron chi connectivity index (χ0n) is 31.1. The molecule has 2 atom stereocenters. The molecule has 7 aromatic rings. The fourth-order valence-corrected chi connectivity index (χ4v) is 8.71. The van der Waals surface area contributed by atoms with E-state index in [1.165, 1.54) is 17.3 Å². The van der Waals surface area contributed by atoms with E-state index in [1.807, 2.05) is 37.1 Å². The number of amides is 2. The minimum Gasteiger partial charge on any atom is -0.453 e. The van der Waals surface area contributed by atoms with Crippen LogP contribution in [0, 0.1) is 5.92 Å². The van der Waals surface area contributed by atoms with Crippen molar-refractivity contribution in [1.82, 2.24) is 34.1 Å². The topological polar surface area (TPSA) is 155 Å². The highest BCUT2D eigenvalue weighted by Crippen LogP contribution is 2.34. The molecule has 8 rings (SSSR count). The predicted octanol–water partition coefficient (Wildman–Crippen LogP) is 8.04. The number of H-pyrrole nitrogens is 2. The maximum absolute atomic E-state index is 13.6. The molecule has 0 unspecified atom stereocenters. The highest BCUT2D eigenvalue weighted by Gasteiger charge is 2.37. The van der Waals surface area contributed by atoms with Crippen LogP contribution < -0.4 is 5.32 Å². The van der Waals surface area contributed by atoms with Crippen molar-refractivity contribution in [2.75, 3.05) is 13.7 Å². The molecule has 284 valence electrons. The number of benzene rings is 4. The predicted molar refractivity (Wildman–Crippen MR) is 215 cm³/mol. The van der Waals surface area contributed by atoms with Crippen LogP contribution in [0.2, 0.25) is 0 Å². The third-order valence-electron chi connectivity index (χ3n) is 10.4. The normalized spacial score (nSPS) is 15.0. The molecule has 1 aliphatic rings. The van der Waals surface area contributed by atoms with Crippen LogP contribution in [-0.2, 0) is 19.6 Å². The number of imidazole rings is 2. The number of methoxy groups -OCH3 is 1. The van der Waals surface area contributed by atoms with Crippen molar-refractivity contribution < 1.29 is 22.7 Å². The number of alkyl carbamates (subject to hydrolysis) is 1. The minimum atomic E-state index is -3.79.